The van der Waals surface area contributed by atoms with Crippen molar-refractivity contribution in [2.45, 2.75) is 18.6 Å². The van der Waals surface area contributed by atoms with Gasteiger partial charge in [-0.1, -0.05) is 6.92 Å². The average molecular weight is 131 g/mol. The van der Waals surface area contributed by atoms with Crippen LogP contribution in [0.3, 0.4) is 0 Å². The van der Waals surface area contributed by atoms with E-state index in [2.05, 4.69) is 24.9 Å². The first kappa shape index (κ1) is 6.43. The van der Waals surface area contributed by atoms with E-state index in [4.69, 9.17) is 0 Å². The van der Waals surface area contributed by atoms with Gasteiger partial charge >= 0.3 is 0 Å². The average Bonchev–Trinajstić information content (AvgIpc) is 1.77. The maximum absolute atomic E-state index is 4.42. The molecule has 0 radical (unpaired) electrons. The molecule has 0 aromatic heterocycles. The number of rotatable bonds is 0. The Labute approximate surface area is 56.3 Å². The first-order chi connectivity index (χ1) is 3.80. The third-order valence-electron chi connectivity index (χ3n) is 1.74. The first-order valence-corrected chi connectivity index (χ1v) is 3.71. The van der Waals surface area contributed by atoms with Gasteiger partial charge in [0, 0.05) is 5.25 Å². The number of hydrogen-bond donors (Lipinski definition) is 2. The maximum Gasteiger partial charge on any atom is 0.00666 e. The summed E-state index contributed by atoms with van der Waals surface area (Å²) in [7, 11) is 0. The van der Waals surface area contributed by atoms with Crippen LogP contribution < -0.4 is 5.32 Å². The predicted octanol–water partition coefficient (Wildman–Crippen LogP) is 0.914. The monoisotopic (exact) mass is 131 g/mol. The van der Waals surface area contributed by atoms with Gasteiger partial charge in [0.15, 0.2) is 0 Å². The number of nitrogens with one attached hydrogen (secondary N) is 1. The lowest BCUT2D eigenvalue weighted by Gasteiger charge is -2.24. The highest BCUT2D eigenvalue weighted by Gasteiger charge is 2.15. The van der Waals surface area contributed by atoms with E-state index >= 15 is 0 Å². The maximum atomic E-state index is 4.42. The third kappa shape index (κ3) is 1.39. The Morgan fingerprint density at radius 2 is 2.38 bits per heavy atom. The summed E-state index contributed by atoms with van der Waals surface area (Å²) in [6, 6.07) is 0. The summed E-state index contributed by atoms with van der Waals surface area (Å²) in [5.41, 5.74) is 0. The molecule has 1 heterocycles. The number of hydrogen-bond acceptors (Lipinski definition) is 2. The summed E-state index contributed by atoms with van der Waals surface area (Å²) in [5.74, 6) is 0.757. The van der Waals surface area contributed by atoms with Gasteiger partial charge in [0.1, 0.15) is 0 Å². The molecule has 1 aliphatic rings. The lowest BCUT2D eigenvalue weighted by molar-refractivity contribution is 0.419. The summed E-state index contributed by atoms with van der Waals surface area (Å²) >= 11 is 4.42. The van der Waals surface area contributed by atoms with E-state index in [1.165, 1.54) is 6.42 Å². The lowest BCUT2D eigenvalue weighted by atomic mass is 10.0. The second-order valence-electron chi connectivity index (χ2n) is 2.54. The van der Waals surface area contributed by atoms with Crippen LogP contribution in [0.25, 0.3) is 0 Å². The van der Waals surface area contributed by atoms with Crippen LogP contribution in [0.1, 0.15) is 13.3 Å². The molecule has 48 valence electrons. The fraction of sp³-hybridized carbons (Fsp3) is 1.00. The quantitative estimate of drug-likeness (QED) is 0.466. The van der Waals surface area contributed by atoms with Gasteiger partial charge in [-0.2, -0.15) is 12.6 Å². The summed E-state index contributed by atoms with van der Waals surface area (Å²) in [6.07, 6.45) is 1.23. The summed E-state index contributed by atoms with van der Waals surface area (Å²) < 4.78 is 0. The van der Waals surface area contributed by atoms with Gasteiger partial charge in [-0.05, 0) is 25.4 Å². The molecule has 0 amide bonds. The van der Waals surface area contributed by atoms with E-state index < -0.39 is 0 Å². The van der Waals surface area contributed by atoms with Gasteiger partial charge in [-0.15, -0.1) is 0 Å². The summed E-state index contributed by atoms with van der Waals surface area (Å²) in [6.45, 7) is 4.54. The topological polar surface area (TPSA) is 12.0 Å². The van der Waals surface area contributed by atoms with Crippen LogP contribution in [-0.4, -0.2) is 18.3 Å². The van der Waals surface area contributed by atoms with Gasteiger partial charge in [0.25, 0.3) is 0 Å². The molecular weight excluding hydrogens is 118 g/mol. The minimum Gasteiger partial charge on any atom is -0.316 e. The highest BCUT2D eigenvalue weighted by molar-refractivity contribution is 7.81. The molecule has 0 unspecified atom stereocenters. The zero-order valence-electron chi connectivity index (χ0n) is 5.22. The van der Waals surface area contributed by atoms with Crippen LogP contribution in [0.4, 0.5) is 0 Å². The minimum atomic E-state index is 0.635. The Bertz CT molecular complexity index is 64.9. The second kappa shape index (κ2) is 2.74. The molecule has 0 saturated carbocycles. The zero-order valence-corrected chi connectivity index (χ0v) is 6.12. The smallest absolute Gasteiger partial charge is 0.00666 e. The van der Waals surface area contributed by atoms with E-state index in [0.29, 0.717) is 5.25 Å². The first-order valence-electron chi connectivity index (χ1n) is 3.19. The Kier molecular flexibility index (Phi) is 2.20. The van der Waals surface area contributed by atoms with Crippen LogP contribution in [-0.2, 0) is 0 Å². The number of thiol groups is 1. The van der Waals surface area contributed by atoms with Crippen LogP contribution in [0.15, 0.2) is 0 Å². The molecule has 0 aromatic carbocycles. The highest BCUT2D eigenvalue weighted by Crippen LogP contribution is 2.15. The van der Waals surface area contributed by atoms with E-state index in [0.717, 1.165) is 19.0 Å². The van der Waals surface area contributed by atoms with Gasteiger partial charge in [-0.25, -0.2) is 0 Å². The zero-order chi connectivity index (χ0) is 5.98. The van der Waals surface area contributed by atoms with E-state index in [-0.39, 0.29) is 0 Å². The largest absolute Gasteiger partial charge is 0.316 e. The van der Waals surface area contributed by atoms with Crippen molar-refractivity contribution in [2.75, 3.05) is 13.1 Å². The minimum absolute atomic E-state index is 0.635. The van der Waals surface area contributed by atoms with E-state index in [1.54, 1.807) is 0 Å². The SMILES string of the molecule is C[C@H]1CNCC[C@H]1S. The van der Waals surface area contributed by atoms with Crippen molar-refractivity contribution in [3.8, 4) is 0 Å². The summed E-state index contributed by atoms with van der Waals surface area (Å²) in [4.78, 5) is 0. The van der Waals surface area contributed by atoms with Crippen molar-refractivity contribution in [1.82, 2.24) is 5.32 Å². The molecule has 8 heavy (non-hydrogen) atoms. The normalized spacial score (nSPS) is 39.8. The third-order valence-corrected chi connectivity index (χ3v) is 2.51. The molecule has 0 spiro atoms. The van der Waals surface area contributed by atoms with Crippen molar-refractivity contribution in [3.05, 3.63) is 0 Å². The molecule has 0 aliphatic carbocycles. The molecule has 0 aromatic rings. The van der Waals surface area contributed by atoms with Crippen molar-refractivity contribution < 1.29 is 0 Å². The molecular formula is C6H13NS. The lowest BCUT2D eigenvalue weighted by Crippen LogP contribution is -2.35. The Morgan fingerprint density at radius 3 is 2.75 bits per heavy atom. The van der Waals surface area contributed by atoms with Crippen molar-refractivity contribution in [2.24, 2.45) is 5.92 Å². The molecule has 1 aliphatic heterocycles. The van der Waals surface area contributed by atoms with Gasteiger partial charge in [-0.3, -0.25) is 0 Å². The fourth-order valence-electron chi connectivity index (χ4n) is 1.00. The molecule has 1 saturated heterocycles. The highest BCUT2D eigenvalue weighted by atomic mass is 32.1. The van der Waals surface area contributed by atoms with Crippen LogP contribution in [0, 0.1) is 5.92 Å². The van der Waals surface area contributed by atoms with Crippen LogP contribution in [0.2, 0.25) is 0 Å². The molecule has 1 nitrogen and oxygen atoms in total. The van der Waals surface area contributed by atoms with Crippen molar-refractivity contribution in [3.63, 3.8) is 0 Å². The van der Waals surface area contributed by atoms with Crippen LogP contribution >= 0.6 is 12.6 Å². The van der Waals surface area contributed by atoms with E-state index in [1.807, 2.05) is 0 Å². The number of piperidine rings is 1. The Balaban J connectivity index is 2.28. The van der Waals surface area contributed by atoms with Crippen LogP contribution in [0.5, 0.6) is 0 Å². The van der Waals surface area contributed by atoms with Gasteiger partial charge in [0.2, 0.25) is 0 Å². The van der Waals surface area contributed by atoms with Gasteiger partial charge < -0.3 is 5.32 Å². The second-order valence-corrected chi connectivity index (χ2v) is 3.20. The van der Waals surface area contributed by atoms with Crippen molar-refractivity contribution in [1.29, 1.82) is 0 Å². The molecule has 2 atom stereocenters. The molecule has 1 rings (SSSR count). The predicted molar refractivity (Wildman–Crippen MR) is 39.4 cm³/mol. The molecule has 1 fully saturated rings. The standard InChI is InChI=1S/C6H13NS/c1-5-4-7-3-2-6(5)8/h5-8H,2-4H2,1H3/t5-,6+/m0/s1. The fourth-order valence-corrected chi connectivity index (χ4v) is 1.23. The summed E-state index contributed by atoms with van der Waals surface area (Å²) in [5, 5.41) is 3.95. The Morgan fingerprint density at radius 1 is 1.62 bits per heavy atom. The molecule has 2 heteroatoms. The van der Waals surface area contributed by atoms with Crippen molar-refractivity contribution >= 4 is 12.6 Å². The molecule has 0 bridgehead atoms. The van der Waals surface area contributed by atoms with Gasteiger partial charge in [0.05, 0.1) is 0 Å². The Hall–Kier alpha value is 0.310. The molecule has 1 N–H and O–H groups in total. The van der Waals surface area contributed by atoms with E-state index in [9.17, 15) is 0 Å².